The maximum atomic E-state index is 15.0. The minimum Gasteiger partial charge on any atom is -0.494 e. The molecule has 2 aromatic rings. The number of carbonyl (C=O) groups is 1. The van der Waals surface area contributed by atoms with Crippen molar-refractivity contribution in [3.05, 3.63) is 65.5 Å². The van der Waals surface area contributed by atoms with Crippen LogP contribution in [0.5, 0.6) is 5.75 Å². The smallest absolute Gasteiger partial charge is 0.308 e. The average molecular weight is 504 g/mol. The summed E-state index contributed by atoms with van der Waals surface area (Å²) in [7, 11) is 0. The molecule has 1 aliphatic carbocycles. The average Bonchev–Trinajstić information content (AvgIpc) is 3.44. The van der Waals surface area contributed by atoms with E-state index >= 15 is 4.39 Å². The lowest BCUT2D eigenvalue weighted by molar-refractivity contribution is -0.150. The van der Waals surface area contributed by atoms with E-state index in [2.05, 4.69) is 17.0 Å². The first kappa shape index (κ1) is 26.6. The van der Waals surface area contributed by atoms with Gasteiger partial charge in [-0.15, -0.1) is 0 Å². The summed E-state index contributed by atoms with van der Waals surface area (Å²) in [5.74, 6) is -0.248. The molecule has 194 valence electrons. The van der Waals surface area contributed by atoms with Gasteiger partial charge in [0.1, 0.15) is 17.7 Å². The van der Waals surface area contributed by atoms with Crippen molar-refractivity contribution < 1.29 is 18.7 Å². The van der Waals surface area contributed by atoms with E-state index in [9.17, 15) is 10.1 Å². The molecule has 2 fully saturated rings. The molecule has 0 unspecified atom stereocenters. The Bertz CT molecular complexity index is 1130. The molecule has 0 spiro atoms. The molecule has 37 heavy (non-hydrogen) atoms. The molecule has 2 aromatic carbocycles. The molecule has 1 saturated carbocycles. The molecule has 1 saturated heterocycles. The number of esters is 1. The van der Waals surface area contributed by atoms with Gasteiger partial charge in [-0.3, -0.25) is 4.79 Å². The number of likely N-dealkylation sites (tertiary alicyclic amines) is 1. The number of nitriles is 2. The normalized spacial score (nSPS) is 18.5. The van der Waals surface area contributed by atoms with Crippen LogP contribution >= 0.6 is 0 Å². The van der Waals surface area contributed by atoms with E-state index in [0.29, 0.717) is 30.6 Å². The highest BCUT2D eigenvalue weighted by molar-refractivity contribution is 5.73. The van der Waals surface area contributed by atoms with Crippen molar-refractivity contribution >= 4 is 5.97 Å². The number of benzene rings is 2. The van der Waals surface area contributed by atoms with E-state index in [0.717, 1.165) is 57.5 Å². The lowest BCUT2D eigenvalue weighted by atomic mass is 9.65. The minimum atomic E-state index is -1.24. The number of hydrogen-bond acceptors (Lipinski definition) is 6. The number of rotatable bonds is 10. The van der Waals surface area contributed by atoms with Crippen molar-refractivity contribution in [2.45, 2.75) is 62.9 Å². The summed E-state index contributed by atoms with van der Waals surface area (Å²) in [5, 5.41) is 19.3. The molecule has 6 nitrogen and oxygen atoms in total. The van der Waals surface area contributed by atoms with Crippen molar-refractivity contribution in [1.82, 2.24) is 4.90 Å². The van der Waals surface area contributed by atoms with Gasteiger partial charge in [-0.05, 0) is 94.3 Å². The van der Waals surface area contributed by atoms with Gasteiger partial charge in [0.05, 0.1) is 36.1 Å². The zero-order valence-electron chi connectivity index (χ0n) is 21.2. The second-order valence-corrected chi connectivity index (χ2v) is 10.1. The lowest BCUT2D eigenvalue weighted by Crippen LogP contribution is -2.45. The number of carbonyl (C=O) groups excluding carboxylic acids is 1. The SMILES string of the molecule is N#Cc1ccc(OCCCN2CCC([C@](C#N)(CC(=O)OC3CCCC3)c3ccccc3F)CC2)cc1. The fraction of sp³-hybridized carbons (Fsp3) is 0.500. The molecule has 0 radical (unpaired) electrons. The Balaban J connectivity index is 1.35. The summed E-state index contributed by atoms with van der Waals surface area (Å²) < 4.78 is 26.5. The van der Waals surface area contributed by atoms with E-state index in [1.807, 2.05) is 0 Å². The van der Waals surface area contributed by atoms with Gasteiger partial charge in [-0.25, -0.2) is 4.39 Å². The molecule has 4 rings (SSSR count). The van der Waals surface area contributed by atoms with Gasteiger partial charge in [0.25, 0.3) is 0 Å². The molecule has 1 atom stereocenters. The molecule has 1 aliphatic heterocycles. The zero-order valence-corrected chi connectivity index (χ0v) is 21.2. The third kappa shape index (κ3) is 6.67. The van der Waals surface area contributed by atoms with Crippen LogP contribution in [0, 0.1) is 34.4 Å². The second-order valence-electron chi connectivity index (χ2n) is 10.1. The predicted molar refractivity (Wildman–Crippen MR) is 137 cm³/mol. The molecule has 0 N–H and O–H groups in total. The molecular formula is C30H34FN3O3. The van der Waals surface area contributed by atoms with Crippen molar-refractivity contribution in [3.63, 3.8) is 0 Å². The first-order chi connectivity index (χ1) is 18.0. The summed E-state index contributed by atoms with van der Waals surface area (Å²) in [6.07, 6.45) is 5.86. The summed E-state index contributed by atoms with van der Waals surface area (Å²) in [6, 6.07) is 17.9. The lowest BCUT2D eigenvalue weighted by Gasteiger charge is -2.41. The van der Waals surface area contributed by atoms with Gasteiger partial charge in [0.2, 0.25) is 0 Å². The first-order valence-corrected chi connectivity index (χ1v) is 13.2. The molecule has 0 amide bonds. The van der Waals surface area contributed by atoms with Gasteiger partial charge in [0, 0.05) is 12.1 Å². The summed E-state index contributed by atoms with van der Waals surface area (Å²) in [6.45, 7) is 2.97. The number of ether oxygens (including phenoxy) is 2. The van der Waals surface area contributed by atoms with Crippen molar-refractivity contribution in [2.24, 2.45) is 5.92 Å². The van der Waals surface area contributed by atoms with Crippen molar-refractivity contribution in [1.29, 1.82) is 10.5 Å². The largest absolute Gasteiger partial charge is 0.494 e. The highest BCUT2D eigenvalue weighted by atomic mass is 19.1. The molecular weight excluding hydrogens is 469 g/mol. The van der Waals surface area contributed by atoms with Crippen LogP contribution in [0.25, 0.3) is 0 Å². The standard InChI is InChI=1S/C30H34FN3O3/c31-28-9-4-3-8-27(28)30(22-33,20-29(35)37-26-6-1-2-7-26)24-14-17-34(18-15-24)16-5-19-36-25-12-10-23(21-32)11-13-25/h3-4,8-13,24,26H,1-2,5-7,14-20H2/t30-/m1/s1. The number of piperidine rings is 1. The highest BCUT2D eigenvalue weighted by Gasteiger charge is 2.46. The van der Waals surface area contributed by atoms with Crippen LogP contribution in [0.1, 0.15) is 62.5 Å². The Labute approximate surface area is 218 Å². The molecule has 2 aliphatic rings. The summed E-state index contributed by atoms with van der Waals surface area (Å²) in [4.78, 5) is 15.3. The Morgan fingerprint density at radius 2 is 1.73 bits per heavy atom. The monoisotopic (exact) mass is 503 g/mol. The molecule has 0 aromatic heterocycles. The Kier molecular flexibility index (Phi) is 9.14. The minimum absolute atomic E-state index is 0.0853. The quantitative estimate of drug-likeness (QED) is 0.314. The van der Waals surface area contributed by atoms with Gasteiger partial charge >= 0.3 is 5.97 Å². The van der Waals surface area contributed by atoms with Gasteiger partial charge in [0.15, 0.2) is 0 Å². The Morgan fingerprint density at radius 1 is 1.03 bits per heavy atom. The van der Waals surface area contributed by atoms with Crippen LogP contribution < -0.4 is 4.74 Å². The number of nitrogens with zero attached hydrogens (tertiary/aromatic N) is 3. The van der Waals surface area contributed by atoms with Gasteiger partial charge < -0.3 is 14.4 Å². The van der Waals surface area contributed by atoms with E-state index in [1.54, 1.807) is 42.5 Å². The maximum absolute atomic E-state index is 15.0. The van der Waals surface area contributed by atoms with Crippen LogP contribution in [0.15, 0.2) is 48.5 Å². The predicted octanol–water partition coefficient (Wildman–Crippen LogP) is 5.52. The van der Waals surface area contributed by atoms with Crippen molar-refractivity contribution in [2.75, 3.05) is 26.2 Å². The van der Waals surface area contributed by atoms with Crippen LogP contribution in [-0.2, 0) is 14.9 Å². The highest BCUT2D eigenvalue weighted by Crippen LogP contribution is 2.43. The van der Waals surface area contributed by atoms with Crippen LogP contribution in [-0.4, -0.2) is 43.2 Å². The third-order valence-corrected chi connectivity index (χ3v) is 7.73. The van der Waals surface area contributed by atoms with Crippen molar-refractivity contribution in [3.8, 4) is 17.9 Å². The van der Waals surface area contributed by atoms with Crippen LogP contribution in [0.3, 0.4) is 0 Å². The molecule has 1 heterocycles. The summed E-state index contributed by atoms with van der Waals surface area (Å²) >= 11 is 0. The number of hydrogen-bond donors (Lipinski definition) is 0. The van der Waals surface area contributed by atoms with E-state index < -0.39 is 17.2 Å². The van der Waals surface area contributed by atoms with E-state index in [-0.39, 0.29) is 18.4 Å². The summed E-state index contributed by atoms with van der Waals surface area (Å²) in [5.41, 5.74) is -0.341. The van der Waals surface area contributed by atoms with Gasteiger partial charge in [-0.1, -0.05) is 18.2 Å². The fourth-order valence-corrected chi connectivity index (χ4v) is 5.69. The topological polar surface area (TPSA) is 86.4 Å². The third-order valence-electron chi connectivity index (χ3n) is 7.73. The van der Waals surface area contributed by atoms with Gasteiger partial charge in [-0.2, -0.15) is 10.5 Å². The zero-order chi connectivity index (χ0) is 26.1. The van der Waals surface area contributed by atoms with Crippen LogP contribution in [0.2, 0.25) is 0 Å². The number of halogens is 1. The van der Waals surface area contributed by atoms with Crippen LogP contribution in [0.4, 0.5) is 4.39 Å². The van der Waals surface area contributed by atoms with E-state index in [4.69, 9.17) is 14.7 Å². The second kappa shape index (κ2) is 12.7. The molecule has 0 bridgehead atoms. The first-order valence-electron chi connectivity index (χ1n) is 13.2. The maximum Gasteiger partial charge on any atom is 0.308 e. The fourth-order valence-electron chi connectivity index (χ4n) is 5.69. The van der Waals surface area contributed by atoms with E-state index in [1.165, 1.54) is 6.07 Å². The Morgan fingerprint density at radius 3 is 2.38 bits per heavy atom. The Hall–Kier alpha value is -3.42. The molecule has 7 heteroatoms.